The molecule has 1 N–H and O–H groups in total. The van der Waals surface area contributed by atoms with E-state index < -0.39 is 6.10 Å². The molecule has 0 saturated heterocycles. The molecule has 0 amide bonds. The Morgan fingerprint density at radius 2 is 2.21 bits per heavy atom. The van der Waals surface area contributed by atoms with Crippen molar-refractivity contribution in [2.24, 2.45) is 17.3 Å². The number of ether oxygens (including phenoxy) is 1. The van der Waals surface area contributed by atoms with Crippen LogP contribution in [0.3, 0.4) is 0 Å². The van der Waals surface area contributed by atoms with Crippen molar-refractivity contribution in [2.75, 3.05) is 26.8 Å². The van der Waals surface area contributed by atoms with Crippen LogP contribution in [0, 0.1) is 24.2 Å². The first kappa shape index (κ1) is 17.7. The number of likely N-dealkylation sites (N-methyl/N-ethyl adjacent to an activating group) is 1. The van der Waals surface area contributed by atoms with Crippen molar-refractivity contribution < 1.29 is 14.3 Å². The second-order valence-electron chi connectivity index (χ2n) is 8.20. The van der Waals surface area contributed by atoms with Crippen LogP contribution in [0.4, 0.5) is 0 Å². The van der Waals surface area contributed by atoms with Crippen molar-refractivity contribution in [1.29, 1.82) is 0 Å². The lowest BCUT2D eigenvalue weighted by molar-refractivity contribution is -0.0258. The summed E-state index contributed by atoms with van der Waals surface area (Å²) in [7, 11) is 1.99. The molecule has 1 heterocycles. The van der Waals surface area contributed by atoms with Crippen molar-refractivity contribution in [2.45, 2.75) is 46.3 Å². The van der Waals surface area contributed by atoms with Crippen molar-refractivity contribution in [3.8, 4) is 0 Å². The van der Waals surface area contributed by atoms with Gasteiger partial charge in [-0.15, -0.1) is 0 Å². The van der Waals surface area contributed by atoms with E-state index in [-0.39, 0.29) is 0 Å². The number of fused-ring (bicyclic) bond motifs is 1. The fourth-order valence-electron chi connectivity index (χ4n) is 4.27. The van der Waals surface area contributed by atoms with Gasteiger partial charge in [-0.1, -0.05) is 19.9 Å². The number of rotatable bonds is 8. The van der Waals surface area contributed by atoms with Gasteiger partial charge in [0.25, 0.3) is 0 Å². The van der Waals surface area contributed by atoms with E-state index in [1.807, 2.05) is 26.1 Å². The first-order chi connectivity index (χ1) is 11.4. The summed E-state index contributed by atoms with van der Waals surface area (Å²) in [5, 5.41) is 10.2. The molecule has 1 saturated carbocycles. The number of aliphatic hydroxyl groups excluding tert-OH is 1. The molecule has 134 valence electrons. The summed E-state index contributed by atoms with van der Waals surface area (Å²) >= 11 is 0. The zero-order valence-electron chi connectivity index (χ0n) is 15.4. The Balaban J connectivity index is 1.37. The molecule has 3 aliphatic rings. The summed E-state index contributed by atoms with van der Waals surface area (Å²) in [5.74, 6) is 3.38. The molecule has 3 atom stereocenters. The van der Waals surface area contributed by atoms with Gasteiger partial charge < -0.3 is 14.3 Å². The van der Waals surface area contributed by atoms with Crippen LogP contribution in [0.2, 0.25) is 0 Å². The third-order valence-corrected chi connectivity index (χ3v) is 5.91. The minimum atomic E-state index is -0.475. The highest BCUT2D eigenvalue weighted by molar-refractivity contribution is 5.23. The first-order valence-electron chi connectivity index (χ1n) is 9.05. The third-order valence-electron chi connectivity index (χ3n) is 5.91. The number of hydrogen-bond acceptors (Lipinski definition) is 4. The SMILES string of the molecule is Cc1ccc(CN(C)CC(O)COCC2=CCC3CC2C3(C)C)o1. The molecule has 2 bridgehead atoms. The van der Waals surface area contributed by atoms with Gasteiger partial charge in [-0.2, -0.15) is 0 Å². The van der Waals surface area contributed by atoms with E-state index in [1.165, 1.54) is 18.4 Å². The zero-order chi connectivity index (χ0) is 17.3. The van der Waals surface area contributed by atoms with E-state index in [0.29, 0.717) is 37.6 Å². The Labute approximate surface area is 145 Å². The van der Waals surface area contributed by atoms with Gasteiger partial charge in [0.1, 0.15) is 11.5 Å². The van der Waals surface area contributed by atoms with Crippen molar-refractivity contribution in [1.82, 2.24) is 4.90 Å². The van der Waals surface area contributed by atoms with Crippen molar-refractivity contribution in [3.05, 3.63) is 35.3 Å². The van der Waals surface area contributed by atoms with Crippen LogP contribution in [0.15, 0.2) is 28.2 Å². The maximum atomic E-state index is 10.2. The van der Waals surface area contributed by atoms with E-state index >= 15 is 0 Å². The maximum absolute atomic E-state index is 10.2. The largest absolute Gasteiger partial charge is 0.465 e. The number of nitrogens with zero attached hydrogens (tertiary/aromatic N) is 1. The topological polar surface area (TPSA) is 45.8 Å². The fraction of sp³-hybridized carbons (Fsp3) is 0.700. The molecule has 0 radical (unpaired) electrons. The molecule has 1 fully saturated rings. The van der Waals surface area contributed by atoms with Crippen LogP contribution < -0.4 is 0 Å². The molecule has 0 aliphatic heterocycles. The second kappa shape index (κ2) is 7.03. The van der Waals surface area contributed by atoms with E-state index in [4.69, 9.17) is 9.15 Å². The molecule has 24 heavy (non-hydrogen) atoms. The molecular formula is C20H31NO3. The summed E-state index contributed by atoms with van der Waals surface area (Å²) in [6, 6.07) is 3.95. The lowest BCUT2D eigenvalue weighted by atomic mass is 9.49. The number of allylic oxidation sites excluding steroid dienone is 1. The highest BCUT2D eigenvalue weighted by Gasteiger charge is 2.50. The van der Waals surface area contributed by atoms with Gasteiger partial charge in [-0.3, -0.25) is 4.90 Å². The van der Waals surface area contributed by atoms with Crippen LogP contribution in [0.5, 0.6) is 0 Å². The molecule has 3 unspecified atom stereocenters. The smallest absolute Gasteiger partial charge is 0.118 e. The third kappa shape index (κ3) is 3.76. The molecule has 1 aromatic heterocycles. The molecule has 0 spiro atoms. The van der Waals surface area contributed by atoms with Crippen molar-refractivity contribution >= 4 is 0 Å². The van der Waals surface area contributed by atoms with Gasteiger partial charge in [0.05, 0.1) is 25.9 Å². The Kier molecular flexibility index (Phi) is 5.19. The van der Waals surface area contributed by atoms with E-state index in [0.717, 1.165) is 17.4 Å². The first-order valence-corrected chi connectivity index (χ1v) is 9.05. The van der Waals surface area contributed by atoms with E-state index in [1.54, 1.807) is 0 Å². The highest BCUT2D eigenvalue weighted by Crippen LogP contribution is 2.59. The summed E-state index contributed by atoms with van der Waals surface area (Å²) in [5.41, 5.74) is 1.88. The average Bonchev–Trinajstić information content (AvgIpc) is 2.92. The maximum Gasteiger partial charge on any atom is 0.118 e. The quantitative estimate of drug-likeness (QED) is 0.741. The Bertz CT molecular complexity index is 589. The van der Waals surface area contributed by atoms with Gasteiger partial charge >= 0.3 is 0 Å². The highest BCUT2D eigenvalue weighted by atomic mass is 16.5. The van der Waals surface area contributed by atoms with Crippen LogP contribution in [-0.2, 0) is 11.3 Å². The van der Waals surface area contributed by atoms with E-state index in [9.17, 15) is 5.11 Å². The number of aliphatic hydroxyl groups is 1. The molecule has 4 nitrogen and oxygen atoms in total. The summed E-state index contributed by atoms with van der Waals surface area (Å²) in [6.07, 6.45) is 4.39. The Hall–Kier alpha value is -1.10. The summed E-state index contributed by atoms with van der Waals surface area (Å²) < 4.78 is 11.4. The normalized spacial score (nSPS) is 26.2. The molecule has 0 aromatic carbocycles. The fourth-order valence-corrected chi connectivity index (χ4v) is 4.27. The van der Waals surface area contributed by atoms with Crippen LogP contribution >= 0.6 is 0 Å². The molecule has 4 rings (SSSR count). The monoisotopic (exact) mass is 333 g/mol. The van der Waals surface area contributed by atoms with Gasteiger partial charge in [0.2, 0.25) is 0 Å². The predicted molar refractivity (Wildman–Crippen MR) is 94.7 cm³/mol. The molecular weight excluding hydrogens is 302 g/mol. The van der Waals surface area contributed by atoms with Gasteiger partial charge in [-0.25, -0.2) is 0 Å². The standard InChI is InChI=1S/C20H31NO3/c1-14-5-8-18(24-14)11-21(4)10-17(22)13-23-12-15-6-7-16-9-19(15)20(16,2)3/h5-6,8,16-17,19,22H,7,9-13H2,1-4H3. The van der Waals surface area contributed by atoms with Crippen LogP contribution in [0.1, 0.15) is 38.2 Å². The van der Waals surface area contributed by atoms with E-state index in [2.05, 4.69) is 24.8 Å². The number of furan rings is 1. The number of aryl methyl sites for hydroxylation is 1. The van der Waals surface area contributed by atoms with Gasteiger partial charge in [0, 0.05) is 6.54 Å². The molecule has 4 heteroatoms. The van der Waals surface area contributed by atoms with Gasteiger partial charge in [-0.05, 0) is 61.8 Å². The average molecular weight is 333 g/mol. The van der Waals surface area contributed by atoms with Gasteiger partial charge in [0.15, 0.2) is 0 Å². The molecule has 1 aromatic rings. The van der Waals surface area contributed by atoms with Crippen LogP contribution in [0.25, 0.3) is 0 Å². The minimum Gasteiger partial charge on any atom is -0.465 e. The number of hydrogen-bond donors (Lipinski definition) is 1. The lowest BCUT2D eigenvalue weighted by Crippen LogP contribution is -2.48. The summed E-state index contributed by atoms with van der Waals surface area (Å²) in [6.45, 7) is 9.02. The predicted octanol–water partition coefficient (Wildman–Crippen LogP) is 3.39. The Morgan fingerprint density at radius 3 is 2.83 bits per heavy atom. The summed E-state index contributed by atoms with van der Waals surface area (Å²) in [4.78, 5) is 2.06. The second-order valence-corrected chi connectivity index (χ2v) is 8.20. The zero-order valence-corrected chi connectivity index (χ0v) is 15.4. The Morgan fingerprint density at radius 1 is 1.42 bits per heavy atom. The molecule has 3 aliphatic carbocycles. The van der Waals surface area contributed by atoms with Crippen molar-refractivity contribution in [3.63, 3.8) is 0 Å². The lowest BCUT2D eigenvalue weighted by Gasteiger charge is -2.56. The minimum absolute atomic E-state index is 0.384. The van der Waals surface area contributed by atoms with Crippen LogP contribution in [-0.4, -0.2) is 42.9 Å².